The Kier molecular flexibility index (Phi) is 4.74. The average molecular weight is 302 g/mol. The van der Waals surface area contributed by atoms with Gasteiger partial charge < -0.3 is 15.2 Å². The first-order valence-electron chi connectivity index (χ1n) is 6.57. The van der Waals surface area contributed by atoms with Crippen LogP contribution in [0, 0.1) is 0 Å². The minimum atomic E-state index is -4.84. The zero-order chi connectivity index (χ0) is 15.5. The summed E-state index contributed by atoms with van der Waals surface area (Å²) in [5.74, 6) is -1.10. The van der Waals surface area contributed by atoms with Crippen LogP contribution >= 0.6 is 0 Å². The van der Waals surface area contributed by atoms with Gasteiger partial charge in [-0.2, -0.15) is 0 Å². The van der Waals surface area contributed by atoms with Crippen molar-refractivity contribution in [1.29, 1.82) is 0 Å². The number of rotatable bonds is 4. The summed E-state index contributed by atoms with van der Waals surface area (Å²) in [4.78, 5) is 2.04. The van der Waals surface area contributed by atoms with Crippen molar-refractivity contribution in [2.24, 2.45) is 0 Å². The number of hydrogen-bond acceptors (Lipinski definition) is 4. The highest BCUT2D eigenvalue weighted by Gasteiger charge is 2.33. The summed E-state index contributed by atoms with van der Waals surface area (Å²) in [6, 6.07) is 3.73. The second kappa shape index (κ2) is 6.36. The normalized spacial score (nSPS) is 18.2. The van der Waals surface area contributed by atoms with Gasteiger partial charge in [-0.1, -0.05) is 18.2 Å². The van der Waals surface area contributed by atoms with Crippen molar-refractivity contribution in [2.75, 3.05) is 26.2 Å². The van der Waals surface area contributed by atoms with Gasteiger partial charge in [-0.05, 0) is 6.07 Å². The number of ether oxygens (including phenoxy) is 1. The fourth-order valence-electron chi connectivity index (χ4n) is 2.42. The van der Waals surface area contributed by atoms with Gasteiger partial charge in [0.2, 0.25) is 0 Å². The number of piperazine rings is 1. The molecule has 1 aromatic carbocycles. The Morgan fingerprint density at radius 3 is 2.57 bits per heavy atom. The smallest absolute Gasteiger partial charge is 0.504 e. The summed E-state index contributed by atoms with van der Waals surface area (Å²) < 4.78 is 40.8. The molecular formula is C14H17F3N2O2. The number of phenolic OH excluding ortho intramolecular Hbond substituents is 1. The Balaban J connectivity index is 2.28. The van der Waals surface area contributed by atoms with Gasteiger partial charge in [0.15, 0.2) is 11.5 Å². The molecule has 1 saturated heterocycles. The topological polar surface area (TPSA) is 44.7 Å². The van der Waals surface area contributed by atoms with E-state index in [0.717, 1.165) is 32.2 Å². The number of halogens is 3. The van der Waals surface area contributed by atoms with Crippen LogP contribution in [0.25, 0.3) is 0 Å². The highest BCUT2D eigenvalue weighted by atomic mass is 19.4. The molecule has 1 aliphatic heterocycles. The Labute approximate surface area is 120 Å². The Bertz CT molecular complexity index is 499. The van der Waals surface area contributed by atoms with Gasteiger partial charge in [-0.25, -0.2) is 0 Å². The van der Waals surface area contributed by atoms with Gasteiger partial charge in [-0.15, -0.1) is 19.8 Å². The standard InChI is InChI=1S/C14H17F3N2O2/c1-2-11(19-8-6-18-7-9-19)10-4-3-5-12(13(10)20)21-14(15,16)17/h2-5,11,18,20H,1,6-9H2/t11-/m0/s1. The van der Waals surface area contributed by atoms with Gasteiger partial charge in [-0.3, -0.25) is 4.90 Å². The lowest BCUT2D eigenvalue weighted by molar-refractivity contribution is -0.275. The molecule has 0 amide bonds. The monoisotopic (exact) mass is 302 g/mol. The summed E-state index contributed by atoms with van der Waals surface area (Å²) in [6.07, 6.45) is -3.23. The number of para-hydroxylation sites is 1. The minimum Gasteiger partial charge on any atom is -0.504 e. The Morgan fingerprint density at radius 1 is 1.33 bits per heavy atom. The maximum Gasteiger partial charge on any atom is 0.573 e. The first-order chi connectivity index (χ1) is 9.92. The third-order valence-electron chi connectivity index (χ3n) is 3.34. The lowest BCUT2D eigenvalue weighted by Gasteiger charge is -2.33. The van der Waals surface area contributed by atoms with Crippen LogP contribution in [-0.4, -0.2) is 42.5 Å². The highest BCUT2D eigenvalue weighted by Crippen LogP contribution is 2.38. The van der Waals surface area contributed by atoms with E-state index in [4.69, 9.17) is 0 Å². The van der Waals surface area contributed by atoms with Crippen molar-refractivity contribution in [3.8, 4) is 11.5 Å². The van der Waals surface area contributed by atoms with Crippen LogP contribution < -0.4 is 10.1 Å². The van der Waals surface area contributed by atoms with E-state index in [1.54, 1.807) is 12.1 Å². The number of phenols is 1. The maximum absolute atomic E-state index is 12.3. The molecule has 1 aromatic rings. The summed E-state index contributed by atoms with van der Waals surface area (Å²) in [7, 11) is 0. The van der Waals surface area contributed by atoms with E-state index < -0.39 is 17.9 Å². The fraction of sp³-hybridized carbons (Fsp3) is 0.429. The highest BCUT2D eigenvalue weighted by molar-refractivity contribution is 5.48. The summed E-state index contributed by atoms with van der Waals surface area (Å²) in [5.41, 5.74) is 0.355. The summed E-state index contributed by atoms with van der Waals surface area (Å²) in [5, 5.41) is 13.3. The Morgan fingerprint density at radius 2 is 2.00 bits per heavy atom. The van der Waals surface area contributed by atoms with Crippen molar-refractivity contribution < 1.29 is 23.0 Å². The molecule has 1 heterocycles. The zero-order valence-corrected chi connectivity index (χ0v) is 11.4. The van der Waals surface area contributed by atoms with Crippen molar-refractivity contribution >= 4 is 0 Å². The van der Waals surface area contributed by atoms with E-state index >= 15 is 0 Å². The van der Waals surface area contributed by atoms with Crippen LogP contribution in [0.1, 0.15) is 11.6 Å². The predicted octanol–water partition coefficient (Wildman–Crippen LogP) is 2.42. The molecule has 4 nitrogen and oxygen atoms in total. The summed E-state index contributed by atoms with van der Waals surface area (Å²) >= 11 is 0. The number of benzene rings is 1. The first kappa shape index (κ1) is 15.7. The van der Waals surface area contributed by atoms with E-state index in [9.17, 15) is 18.3 Å². The number of hydrogen-bond donors (Lipinski definition) is 2. The first-order valence-corrected chi connectivity index (χ1v) is 6.57. The minimum absolute atomic E-state index is 0.355. The molecule has 0 bridgehead atoms. The van der Waals surface area contributed by atoms with E-state index in [1.807, 2.05) is 4.90 Å². The number of aromatic hydroxyl groups is 1. The predicted molar refractivity (Wildman–Crippen MR) is 72.2 cm³/mol. The quantitative estimate of drug-likeness (QED) is 0.839. The lowest BCUT2D eigenvalue weighted by atomic mass is 10.0. The zero-order valence-electron chi connectivity index (χ0n) is 11.4. The number of nitrogens with zero attached hydrogens (tertiary/aromatic N) is 1. The van der Waals surface area contributed by atoms with Gasteiger partial charge >= 0.3 is 6.36 Å². The van der Waals surface area contributed by atoms with E-state index in [0.29, 0.717) is 5.56 Å². The molecule has 7 heteroatoms. The number of alkyl halides is 3. The molecule has 0 saturated carbocycles. The van der Waals surface area contributed by atoms with E-state index in [2.05, 4.69) is 16.6 Å². The second-order valence-corrected chi connectivity index (χ2v) is 4.71. The van der Waals surface area contributed by atoms with Crippen molar-refractivity contribution in [3.05, 3.63) is 36.4 Å². The largest absolute Gasteiger partial charge is 0.573 e. The third kappa shape index (κ3) is 3.89. The molecule has 0 unspecified atom stereocenters. The third-order valence-corrected chi connectivity index (χ3v) is 3.34. The molecule has 2 N–H and O–H groups in total. The molecule has 21 heavy (non-hydrogen) atoms. The van der Waals surface area contributed by atoms with Gasteiger partial charge in [0.25, 0.3) is 0 Å². The van der Waals surface area contributed by atoms with Gasteiger partial charge in [0, 0.05) is 31.7 Å². The Hall–Kier alpha value is -1.73. The van der Waals surface area contributed by atoms with Crippen molar-refractivity contribution in [1.82, 2.24) is 10.2 Å². The van der Waals surface area contributed by atoms with Crippen LogP contribution in [0.15, 0.2) is 30.9 Å². The fourth-order valence-corrected chi connectivity index (χ4v) is 2.42. The van der Waals surface area contributed by atoms with Crippen molar-refractivity contribution in [2.45, 2.75) is 12.4 Å². The molecule has 1 fully saturated rings. The second-order valence-electron chi connectivity index (χ2n) is 4.71. The molecule has 116 valence electrons. The van der Waals surface area contributed by atoms with Gasteiger partial charge in [0.05, 0.1) is 6.04 Å². The van der Waals surface area contributed by atoms with Crippen LogP contribution in [0.2, 0.25) is 0 Å². The molecule has 1 aliphatic rings. The molecule has 0 radical (unpaired) electrons. The number of nitrogens with one attached hydrogen (secondary N) is 1. The van der Waals surface area contributed by atoms with Crippen LogP contribution in [-0.2, 0) is 0 Å². The molecule has 2 rings (SSSR count). The molecular weight excluding hydrogens is 285 g/mol. The maximum atomic E-state index is 12.3. The van der Waals surface area contributed by atoms with E-state index in [-0.39, 0.29) is 6.04 Å². The van der Waals surface area contributed by atoms with Gasteiger partial charge in [0.1, 0.15) is 0 Å². The van der Waals surface area contributed by atoms with Crippen LogP contribution in [0.4, 0.5) is 13.2 Å². The van der Waals surface area contributed by atoms with E-state index in [1.165, 1.54) is 6.07 Å². The average Bonchev–Trinajstić information content (AvgIpc) is 2.43. The molecule has 0 spiro atoms. The van der Waals surface area contributed by atoms with Crippen LogP contribution in [0.5, 0.6) is 11.5 Å². The summed E-state index contributed by atoms with van der Waals surface area (Å²) in [6.45, 7) is 6.73. The molecule has 0 aromatic heterocycles. The lowest BCUT2D eigenvalue weighted by Crippen LogP contribution is -2.44. The van der Waals surface area contributed by atoms with Crippen molar-refractivity contribution in [3.63, 3.8) is 0 Å². The van der Waals surface area contributed by atoms with Crippen LogP contribution in [0.3, 0.4) is 0 Å². The molecule has 0 aliphatic carbocycles. The molecule has 1 atom stereocenters. The SMILES string of the molecule is C=C[C@@H](c1cccc(OC(F)(F)F)c1O)N1CCNCC1.